The highest BCUT2D eigenvalue weighted by molar-refractivity contribution is 8.02. The molecule has 6 rings (SSSR count). The summed E-state index contributed by atoms with van der Waals surface area (Å²) in [5.41, 5.74) is 9.24. The van der Waals surface area contributed by atoms with Crippen LogP contribution in [-0.2, 0) is 12.0 Å². The third-order valence-corrected chi connectivity index (χ3v) is 8.28. The van der Waals surface area contributed by atoms with Gasteiger partial charge in [-0.05, 0) is 46.2 Å². The maximum atomic E-state index is 3.77. The van der Waals surface area contributed by atoms with Crippen LogP contribution in [0.5, 0.6) is 0 Å². The Balaban J connectivity index is 1.53. The Morgan fingerprint density at radius 1 is 0.889 bits per heavy atom. The van der Waals surface area contributed by atoms with E-state index in [1.807, 2.05) is 30.0 Å². The average Bonchev–Trinajstić information content (AvgIpc) is 3.52. The first-order valence-electron chi connectivity index (χ1n) is 12.5. The van der Waals surface area contributed by atoms with Crippen LogP contribution < -0.4 is 0 Å². The Morgan fingerprint density at radius 3 is 2.47 bits per heavy atom. The zero-order valence-corrected chi connectivity index (χ0v) is 21.1. The molecule has 0 radical (unpaired) electrons. The van der Waals surface area contributed by atoms with Gasteiger partial charge in [0.1, 0.15) is 0 Å². The van der Waals surface area contributed by atoms with Gasteiger partial charge in [0, 0.05) is 39.9 Å². The van der Waals surface area contributed by atoms with Crippen molar-refractivity contribution in [2.24, 2.45) is 0 Å². The molecule has 0 fully saturated rings. The van der Waals surface area contributed by atoms with Gasteiger partial charge in [0.25, 0.3) is 0 Å². The zero-order chi connectivity index (χ0) is 24.4. The van der Waals surface area contributed by atoms with Crippen molar-refractivity contribution in [3.63, 3.8) is 0 Å². The van der Waals surface area contributed by atoms with E-state index in [4.69, 9.17) is 0 Å². The third kappa shape index (κ3) is 3.92. The molecule has 176 valence electrons. The van der Waals surface area contributed by atoms with Gasteiger partial charge < -0.3 is 4.57 Å². The number of nitrogens with zero attached hydrogens (tertiary/aromatic N) is 1. The minimum absolute atomic E-state index is 0.0701. The number of aromatic nitrogens is 1. The zero-order valence-electron chi connectivity index (χ0n) is 20.3. The fourth-order valence-corrected chi connectivity index (χ4v) is 6.72. The highest BCUT2D eigenvalue weighted by Crippen LogP contribution is 2.48. The lowest BCUT2D eigenvalue weighted by Gasteiger charge is -2.31. The topological polar surface area (TPSA) is 4.93 Å². The lowest BCUT2D eigenvalue weighted by atomic mass is 9.77. The predicted molar refractivity (Wildman–Crippen MR) is 158 cm³/mol. The fraction of sp³-hybridized carbons (Fsp3) is 0.118. The first-order chi connectivity index (χ1) is 17.8. The highest BCUT2D eigenvalue weighted by atomic mass is 32.2. The number of allylic oxidation sites excluding steroid dienone is 7. The number of hydrogen-bond acceptors (Lipinski definition) is 1. The quantitative estimate of drug-likeness (QED) is 0.247. The van der Waals surface area contributed by atoms with Gasteiger partial charge in [0.15, 0.2) is 0 Å². The molecule has 0 saturated carbocycles. The molecule has 1 nitrogen and oxygen atoms in total. The summed E-state index contributed by atoms with van der Waals surface area (Å²) in [7, 11) is 0. The number of rotatable bonds is 6. The molecule has 3 aromatic carbocycles. The number of benzene rings is 3. The van der Waals surface area contributed by atoms with Crippen LogP contribution in [0.1, 0.15) is 17.7 Å². The normalized spacial score (nSPS) is 18.7. The Kier molecular flexibility index (Phi) is 6.13. The van der Waals surface area contributed by atoms with Crippen LogP contribution in [0.4, 0.5) is 0 Å². The predicted octanol–water partition coefficient (Wildman–Crippen LogP) is 9.19. The standard InChI is InChI=1S/C34H29NS/c1-2-3-4-5-11-22-35-32-19-18-27(29-16-10-9-15-28(29)26-13-7-6-8-14-26)24-31(32)30-17-12-20-34(33(30)35)21-23-36-25-34/h2-19,21,23-24H,1,20,22,25H2/b4-3-,11-5-. The molecule has 1 unspecified atom stereocenters. The van der Waals surface area contributed by atoms with Gasteiger partial charge in [0.2, 0.25) is 0 Å². The monoisotopic (exact) mass is 483 g/mol. The first-order valence-corrected chi connectivity index (χ1v) is 13.6. The average molecular weight is 484 g/mol. The molecule has 36 heavy (non-hydrogen) atoms. The van der Waals surface area contributed by atoms with E-state index in [1.54, 1.807) is 0 Å². The molecule has 1 aliphatic carbocycles. The van der Waals surface area contributed by atoms with E-state index in [0.717, 1.165) is 18.7 Å². The van der Waals surface area contributed by atoms with E-state index in [-0.39, 0.29) is 5.41 Å². The van der Waals surface area contributed by atoms with E-state index in [9.17, 15) is 0 Å². The Morgan fingerprint density at radius 2 is 1.69 bits per heavy atom. The highest BCUT2D eigenvalue weighted by Gasteiger charge is 2.39. The molecule has 2 heterocycles. The second kappa shape index (κ2) is 9.72. The summed E-state index contributed by atoms with van der Waals surface area (Å²) in [5, 5.41) is 3.62. The second-order valence-corrected chi connectivity index (χ2v) is 10.3. The molecule has 0 amide bonds. The summed E-state index contributed by atoms with van der Waals surface area (Å²) in [6.07, 6.45) is 18.4. The minimum Gasteiger partial charge on any atom is -0.339 e. The van der Waals surface area contributed by atoms with E-state index in [1.165, 1.54) is 44.4 Å². The van der Waals surface area contributed by atoms with Crippen LogP contribution in [0, 0.1) is 0 Å². The Bertz CT molecular complexity index is 1550. The number of hydrogen-bond donors (Lipinski definition) is 0. The molecule has 1 aromatic heterocycles. The number of fused-ring (bicyclic) bond motifs is 4. The molecule has 4 aromatic rings. The van der Waals surface area contributed by atoms with Gasteiger partial charge in [0.05, 0.1) is 0 Å². The van der Waals surface area contributed by atoms with Crippen molar-refractivity contribution in [1.29, 1.82) is 0 Å². The van der Waals surface area contributed by atoms with E-state index in [0.29, 0.717) is 0 Å². The van der Waals surface area contributed by atoms with Crippen LogP contribution in [0.15, 0.2) is 127 Å². The second-order valence-electron chi connectivity index (χ2n) is 9.44. The van der Waals surface area contributed by atoms with Crippen LogP contribution >= 0.6 is 11.8 Å². The first kappa shape index (κ1) is 22.7. The lowest BCUT2D eigenvalue weighted by Crippen LogP contribution is -2.29. The van der Waals surface area contributed by atoms with Crippen LogP contribution in [0.3, 0.4) is 0 Å². The van der Waals surface area contributed by atoms with Crippen molar-refractivity contribution in [2.75, 3.05) is 5.75 Å². The van der Waals surface area contributed by atoms with Gasteiger partial charge in [-0.25, -0.2) is 0 Å². The lowest BCUT2D eigenvalue weighted by molar-refractivity contribution is 0.562. The van der Waals surface area contributed by atoms with Crippen molar-refractivity contribution in [1.82, 2.24) is 4.57 Å². The molecular formula is C34H29NS. The van der Waals surface area contributed by atoms with Gasteiger partial charge >= 0.3 is 0 Å². The van der Waals surface area contributed by atoms with Crippen LogP contribution in [0.2, 0.25) is 0 Å². The number of thioether (sulfide) groups is 1. The molecule has 0 bridgehead atoms. The van der Waals surface area contributed by atoms with Crippen molar-refractivity contribution in [3.05, 3.63) is 139 Å². The van der Waals surface area contributed by atoms with Gasteiger partial charge in [-0.2, -0.15) is 0 Å². The van der Waals surface area contributed by atoms with Gasteiger partial charge in [-0.3, -0.25) is 0 Å². The van der Waals surface area contributed by atoms with Crippen LogP contribution in [0.25, 0.3) is 39.2 Å². The SMILES string of the molecule is C=C/C=C\C=C/Cn1c2c(c3cc(-c4ccccc4-c4ccccc4)ccc31)C=CCC21C=CSC1. The van der Waals surface area contributed by atoms with E-state index >= 15 is 0 Å². The smallest absolute Gasteiger partial charge is 0.0492 e. The molecule has 1 atom stereocenters. The fourth-order valence-electron chi connectivity index (χ4n) is 5.62. The summed E-state index contributed by atoms with van der Waals surface area (Å²) in [6, 6.07) is 26.5. The molecule has 0 N–H and O–H groups in total. The Labute approximate surface area is 217 Å². The van der Waals surface area contributed by atoms with Gasteiger partial charge in [-0.15, -0.1) is 11.8 Å². The van der Waals surface area contributed by atoms with Crippen molar-refractivity contribution >= 4 is 28.7 Å². The maximum absolute atomic E-state index is 3.77. The van der Waals surface area contributed by atoms with Crippen molar-refractivity contribution in [3.8, 4) is 22.3 Å². The van der Waals surface area contributed by atoms with Crippen molar-refractivity contribution in [2.45, 2.75) is 18.4 Å². The van der Waals surface area contributed by atoms with Crippen LogP contribution in [-0.4, -0.2) is 10.3 Å². The van der Waals surface area contributed by atoms with E-state index in [2.05, 4.69) is 120 Å². The molecule has 2 aliphatic rings. The minimum atomic E-state index is 0.0701. The van der Waals surface area contributed by atoms with Crippen molar-refractivity contribution < 1.29 is 0 Å². The summed E-state index contributed by atoms with van der Waals surface area (Å²) in [6.45, 7) is 4.62. The van der Waals surface area contributed by atoms with E-state index < -0.39 is 0 Å². The Hall–Kier alpha value is -3.75. The third-order valence-electron chi connectivity index (χ3n) is 7.27. The molecule has 2 heteroatoms. The molecular weight excluding hydrogens is 454 g/mol. The molecule has 1 aliphatic heterocycles. The summed E-state index contributed by atoms with van der Waals surface area (Å²) in [4.78, 5) is 0. The molecule has 0 saturated heterocycles. The summed E-state index contributed by atoms with van der Waals surface area (Å²) >= 11 is 1.93. The largest absolute Gasteiger partial charge is 0.339 e. The summed E-state index contributed by atoms with van der Waals surface area (Å²) < 4.78 is 2.54. The maximum Gasteiger partial charge on any atom is 0.0492 e. The van der Waals surface area contributed by atoms with Gasteiger partial charge in [-0.1, -0.05) is 116 Å². The molecule has 1 spiro atoms. The summed E-state index contributed by atoms with van der Waals surface area (Å²) in [5.74, 6) is 1.10.